The second-order valence-corrected chi connectivity index (χ2v) is 12.1. The van der Waals surface area contributed by atoms with Crippen molar-refractivity contribution in [1.29, 1.82) is 0 Å². The van der Waals surface area contributed by atoms with Gasteiger partial charge in [-0.15, -0.1) is 0 Å². The molecule has 0 radical (unpaired) electrons. The number of carbonyl (C=O) groups excluding carboxylic acids is 1. The molecule has 0 spiro atoms. The van der Waals surface area contributed by atoms with Crippen molar-refractivity contribution in [2.24, 2.45) is 0 Å². The van der Waals surface area contributed by atoms with E-state index in [0.29, 0.717) is 24.7 Å². The molecule has 44 heavy (non-hydrogen) atoms. The maximum absolute atomic E-state index is 13.1. The first kappa shape index (κ1) is 29.9. The number of anilines is 1. The predicted molar refractivity (Wildman–Crippen MR) is 178 cm³/mol. The molecule has 1 N–H and O–H groups in total. The zero-order chi connectivity index (χ0) is 30.3. The number of likely N-dealkylation sites (N-methyl/N-ethyl adjacent to an activating group) is 1. The van der Waals surface area contributed by atoms with E-state index < -0.39 is 0 Å². The molecule has 5 aromatic rings. The van der Waals surface area contributed by atoms with E-state index in [1.165, 1.54) is 5.56 Å². The van der Waals surface area contributed by atoms with E-state index in [0.717, 1.165) is 66.6 Å². The SMILES string of the molecule is CN(CC(CCN1CCC(Nc2nc3ccccc3n2Cc2ccccn2)CC1)c1ccc(Cl)cc1)C(=O)c1ccccc1. The number of nitrogens with one attached hydrogen (secondary N) is 1. The fourth-order valence-electron chi connectivity index (χ4n) is 6.13. The van der Waals surface area contributed by atoms with Gasteiger partial charge in [-0.1, -0.05) is 60.1 Å². The van der Waals surface area contributed by atoms with Crippen LogP contribution in [0.15, 0.2) is 103 Å². The molecule has 2 aromatic heterocycles. The van der Waals surface area contributed by atoms with Crippen molar-refractivity contribution < 1.29 is 4.79 Å². The number of nitrogens with zero attached hydrogens (tertiary/aromatic N) is 5. The molecule has 1 saturated heterocycles. The summed E-state index contributed by atoms with van der Waals surface area (Å²) in [6, 6.07) is 32.3. The van der Waals surface area contributed by atoms with Crippen LogP contribution in [0.4, 0.5) is 5.95 Å². The fraction of sp³-hybridized carbons (Fsp3) is 0.306. The minimum Gasteiger partial charge on any atom is -0.353 e. The second-order valence-electron chi connectivity index (χ2n) is 11.7. The van der Waals surface area contributed by atoms with E-state index in [2.05, 4.69) is 56.2 Å². The summed E-state index contributed by atoms with van der Waals surface area (Å²) in [5, 5.41) is 4.50. The maximum Gasteiger partial charge on any atom is 0.253 e. The summed E-state index contributed by atoms with van der Waals surface area (Å²) < 4.78 is 2.24. The van der Waals surface area contributed by atoms with Crippen LogP contribution in [0.5, 0.6) is 0 Å². The van der Waals surface area contributed by atoms with Crippen LogP contribution < -0.4 is 5.32 Å². The lowest BCUT2D eigenvalue weighted by molar-refractivity contribution is 0.0782. The number of hydrogen-bond acceptors (Lipinski definition) is 5. The van der Waals surface area contributed by atoms with E-state index in [9.17, 15) is 4.79 Å². The number of imidazole rings is 1. The molecule has 0 saturated carbocycles. The Balaban J connectivity index is 1.08. The Kier molecular flexibility index (Phi) is 9.54. The minimum absolute atomic E-state index is 0.0468. The Morgan fingerprint density at radius 2 is 1.68 bits per heavy atom. The van der Waals surface area contributed by atoms with Crippen molar-refractivity contribution in [3.63, 3.8) is 0 Å². The molecule has 226 valence electrons. The van der Waals surface area contributed by atoms with Crippen LogP contribution >= 0.6 is 11.6 Å². The van der Waals surface area contributed by atoms with Crippen LogP contribution in [-0.4, -0.2) is 69.5 Å². The number of fused-ring (bicyclic) bond motifs is 1. The van der Waals surface area contributed by atoms with Gasteiger partial charge in [0.2, 0.25) is 5.95 Å². The fourth-order valence-corrected chi connectivity index (χ4v) is 6.26. The molecule has 1 unspecified atom stereocenters. The first-order valence-corrected chi connectivity index (χ1v) is 15.8. The lowest BCUT2D eigenvalue weighted by atomic mass is 9.94. The molecule has 3 aromatic carbocycles. The van der Waals surface area contributed by atoms with Gasteiger partial charge in [-0.3, -0.25) is 9.78 Å². The summed E-state index contributed by atoms with van der Waals surface area (Å²) in [4.78, 5) is 27.0. The van der Waals surface area contributed by atoms with Crippen LogP contribution in [0.1, 0.15) is 46.8 Å². The number of rotatable bonds is 11. The molecule has 1 amide bonds. The average Bonchev–Trinajstić information content (AvgIpc) is 3.40. The zero-order valence-corrected chi connectivity index (χ0v) is 25.9. The average molecular weight is 607 g/mol. The topological polar surface area (TPSA) is 66.3 Å². The number of likely N-dealkylation sites (tertiary alicyclic amines) is 1. The van der Waals surface area contributed by atoms with Crippen molar-refractivity contribution >= 4 is 34.5 Å². The Morgan fingerprint density at radius 1 is 0.955 bits per heavy atom. The Bertz CT molecular complexity index is 1650. The minimum atomic E-state index is 0.0468. The van der Waals surface area contributed by atoms with E-state index in [-0.39, 0.29) is 11.8 Å². The molecule has 1 aliphatic rings. The molecule has 0 bridgehead atoms. The number of benzene rings is 3. The predicted octanol–water partition coefficient (Wildman–Crippen LogP) is 6.96. The molecule has 1 atom stereocenters. The first-order valence-electron chi connectivity index (χ1n) is 15.4. The first-order chi connectivity index (χ1) is 21.5. The van der Waals surface area contributed by atoms with Gasteiger partial charge in [-0.05, 0) is 79.9 Å². The zero-order valence-electron chi connectivity index (χ0n) is 25.1. The quantitative estimate of drug-likeness (QED) is 0.176. The Hall–Kier alpha value is -4.20. The standard InChI is InChI=1S/C36H39ClN6O/c1-41(35(44)28-9-3-2-4-10-28)25-29(27-14-16-30(37)17-15-27)18-22-42-23-19-31(20-24-42)39-36-40-33-12-5-6-13-34(33)43(36)26-32-11-7-8-21-38-32/h2-17,21,29,31H,18-20,22-26H2,1H3,(H,39,40). The van der Waals surface area contributed by atoms with E-state index in [1.54, 1.807) is 0 Å². The van der Waals surface area contributed by atoms with Crippen molar-refractivity contribution in [2.75, 3.05) is 38.5 Å². The highest BCUT2D eigenvalue weighted by Gasteiger charge is 2.24. The van der Waals surface area contributed by atoms with Gasteiger partial charge >= 0.3 is 0 Å². The van der Waals surface area contributed by atoms with Gasteiger partial charge < -0.3 is 19.7 Å². The number of aromatic nitrogens is 3. The monoisotopic (exact) mass is 606 g/mol. The van der Waals surface area contributed by atoms with Gasteiger partial charge in [0, 0.05) is 55.4 Å². The number of amides is 1. The molecule has 7 nitrogen and oxygen atoms in total. The normalized spacial score (nSPS) is 14.9. The number of piperidine rings is 1. The van der Waals surface area contributed by atoms with Crippen molar-refractivity contribution in [2.45, 2.75) is 37.8 Å². The van der Waals surface area contributed by atoms with E-state index in [1.807, 2.05) is 78.8 Å². The molecule has 1 fully saturated rings. The maximum atomic E-state index is 13.1. The van der Waals surface area contributed by atoms with Crippen LogP contribution in [0.25, 0.3) is 11.0 Å². The number of pyridine rings is 1. The third kappa shape index (κ3) is 7.29. The highest BCUT2D eigenvalue weighted by molar-refractivity contribution is 6.30. The van der Waals surface area contributed by atoms with Crippen molar-refractivity contribution in [3.05, 3.63) is 125 Å². The van der Waals surface area contributed by atoms with Crippen LogP contribution in [0.3, 0.4) is 0 Å². The molecule has 0 aliphatic carbocycles. The Morgan fingerprint density at radius 3 is 2.43 bits per heavy atom. The summed E-state index contributed by atoms with van der Waals surface area (Å²) in [6.07, 6.45) is 4.90. The van der Waals surface area contributed by atoms with Gasteiger partial charge in [0.1, 0.15) is 0 Å². The largest absolute Gasteiger partial charge is 0.353 e. The van der Waals surface area contributed by atoms with E-state index >= 15 is 0 Å². The van der Waals surface area contributed by atoms with Crippen LogP contribution in [0.2, 0.25) is 5.02 Å². The summed E-state index contributed by atoms with van der Waals surface area (Å²) in [7, 11) is 1.90. The van der Waals surface area contributed by atoms with Gasteiger partial charge in [0.05, 0.1) is 23.3 Å². The van der Waals surface area contributed by atoms with Gasteiger partial charge in [0.15, 0.2) is 0 Å². The smallest absolute Gasteiger partial charge is 0.253 e. The molecule has 3 heterocycles. The summed E-state index contributed by atoms with van der Waals surface area (Å²) in [6.45, 7) is 4.34. The van der Waals surface area contributed by atoms with Crippen molar-refractivity contribution in [1.82, 2.24) is 24.3 Å². The second kappa shape index (κ2) is 14.1. The van der Waals surface area contributed by atoms with Gasteiger partial charge in [0.25, 0.3) is 5.91 Å². The third-order valence-corrected chi connectivity index (χ3v) is 8.87. The number of hydrogen-bond donors (Lipinski definition) is 1. The molecular formula is C36H39ClN6O. The summed E-state index contributed by atoms with van der Waals surface area (Å²) in [5.41, 5.74) is 5.05. The van der Waals surface area contributed by atoms with Gasteiger partial charge in [-0.25, -0.2) is 4.98 Å². The summed E-state index contributed by atoms with van der Waals surface area (Å²) >= 11 is 6.21. The lowest BCUT2D eigenvalue weighted by Gasteiger charge is -2.34. The number of halogens is 1. The highest BCUT2D eigenvalue weighted by Crippen LogP contribution is 2.26. The van der Waals surface area contributed by atoms with Crippen LogP contribution in [-0.2, 0) is 6.54 Å². The molecule has 8 heteroatoms. The molecule has 1 aliphatic heterocycles. The number of carbonyl (C=O) groups is 1. The third-order valence-electron chi connectivity index (χ3n) is 8.62. The highest BCUT2D eigenvalue weighted by atomic mass is 35.5. The van der Waals surface area contributed by atoms with Crippen molar-refractivity contribution in [3.8, 4) is 0 Å². The molecule has 6 rings (SSSR count). The van der Waals surface area contributed by atoms with Crippen LogP contribution in [0, 0.1) is 0 Å². The molecular weight excluding hydrogens is 568 g/mol. The number of para-hydroxylation sites is 2. The summed E-state index contributed by atoms with van der Waals surface area (Å²) in [5.74, 6) is 1.17. The van der Waals surface area contributed by atoms with E-state index in [4.69, 9.17) is 16.6 Å². The van der Waals surface area contributed by atoms with Gasteiger partial charge in [-0.2, -0.15) is 0 Å². The Labute approximate surface area is 264 Å². The lowest BCUT2D eigenvalue weighted by Crippen LogP contribution is -2.40.